The number of ether oxygens (including phenoxy) is 1. The van der Waals surface area contributed by atoms with Crippen LogP contribution in [-0.2, 0) is 4.74 Å². The fourth-order valence-electron chi connectivity index (χ4n) is 1.16. The number of carbonyl (C=O) groups excluding carboxylic acids is 1. The number of methoxy groups -OCH3 is 1. The van der Waals surface area contributed by atoms with Gasteiger partial charge in [-0.15, -0.1) is 12.6 Å². The van der Waals surface area contributed by atoms with Crippen molar-refractivity contribution < 1.29 is 18.3 Å². The fraction of sp³-hybridized carbons (Fsp3) is 0.200. The summed E-state index contributed by atoms with van der Waals surface area (Å²) in [5, 5.41) is 8.64. The predicted molar refractivity (Wildman–Crippen MR) is 54.7 cm³/mol. The molecule has 1 aromatic carbocycles. The second-order valence-corrected chi connectivity index (χ2v) is 3.34. The molecule has 0 heterocycles. The number of esters is 1. The summed E-state index contributed by atoms with van der Waals surface area (Å²) in [4.78, 5) is 11.3. The molecular weight excluding hydrogens is 236 g/mol. The highest BCUT2D eigenvalue weighted by atomic mass is 32.1. The topological polar surface area (TPSA) is 50.1 Å². The molecule has 1 rings (SSSR count). The standard InChI is InChI=1S/C10H7F2NO2S/c1-15-10(14)7-3-6(9(11)12)5(4-13)2-8(7)16/h2-3,9,16H,1H3. The van der Waals surface area contributed by atoms with Crippen molar-refractivity contribution in [1.82, 2.24) is 0 Å². The van der Waals surface area contributed by atoms with Crippen LogP contribution in [0.1, 0.15) is 27.9 Å². The Balaban J connectivity index is 3.40. The summed E-state index contributed by atoms with van der Waals surface area (Å²) in [5.74, 6) is -0.767. The number of alkyl halides is 2. The van der Waals surface area contributed by atoms with Gasteiger partial charge in [-0.1, -0.05) is 0 Å². The first-order valence-corrected chi connectivity index (χ1v) is 4.59. The van der Waals surface area contributed by atoms with Crippen LogP contribution in [0.5, 0.6) is 0 Å². The molecule has 1 aromatic rings. The quantitative estimate of drug-likeness (QED) is 0.641. The second kappa shape index (κ2) is 4.94. The number of hydrogen-bond donors (Lipinski definition) is 1. The first-order chi connectivity index (χ1) is 7.51. The van der Waals surface area contributed by atoms with Crippen molar-refractivity contribution in [3.8, 4) is 6.07 Å². The lowest BCUT2D eigenvalue weighted by molar-refractivity contribution is 0.0596. The van der Waals surface area contributed by atoms with Crippen LogP contribution in [0.25, 0.3) is 0 Å². The molecule has 0 aliphatic rings. The van der Waals surface area contributed by atoms with Crippen LogP contribution in [0.15, 0.2) is 17.0 Å². The minimum absolute atomic E-state index is 0.0832. The minimum atomic E-state index is -2.83. The third-order valence-electron chi connectivity index (χ3n) is 1.93. The van der Waals surface area contributed by atoms with Gasteiger partial charge in [-0.3, -0.25) is 0 Å². The highest BCUT2D eigenvalue weighted by Gasteiger charge is 2.19. The predicted octanol–water partition coefficient (Wildman–Crippen LogP) is 2.57. The molecule has 0 aliphatic heterocycles. The van der Waals surface area contributed by atoms with Gasteiger partial charge in [0.1, 0.15) is 0 Å². The van der Waals surface area contributed by atoms with E-state index in [4.69, 9.17) is 5.26 Å². The minimum Gasteiger partial charge on any atom is -0.465 e. The van der Waals surface area contributed by atoms with Crippen molar-refractivity contribution >= 4 is 18.6 Å². The van der Waals surface area contributed by atoms with Crippen LogP contribution in [0.4, 0.5) is 8.78 Å². The van der Waals surface area contributed by atoms with Crippen LogP contribution in [0, 0.1) is 11.3 Å². The fourth-order valence-corrected chi connectivity index (χ4v) is 1.44. The van der Waals surface area contributed by atoms with Gasteiger partial charge >= 0.3 is 5.97 Å². The summed E-state index contributed by atoms with van der Waals surface area (Å²) in [6.07, 6.45) is -2.83. The average molecular weight is 243 g/mol. The SMILES string of the molecule is COC(=O)c1cc(C(F)F)c(C#N)cc1S. The van der Waals surface area contributed by atoms with Crippen LogP contribution in [0.2, 0.25) is 0 Å². The Kier molecular flexibility index (Phi) is 3.85. The van der Waals surface area contributed by atoms with Gasteiger partial charge in [0.2, 0.25) is 0 Å². The maximum Gasteiger partial charge on any atom is 0.338 e. The maximum absolute atomic E-state index is 12.6. The number of halogens is 2. The van der Waals surface area contributed by atoms with E-state index in [-0.39, 0.29) is 16.0 Å². The first kappa shape index (κ1) is 12.5. The molecule has 0 amide bonds. The van der Waals surface area contributed by atoms with E-state index in [1.807, 2.05) is 0 Å². The van der Waals surface area contributed by atoms with Gasteiger partial charge in [-0.05, 0) is 12.1 Å². The Hall–Kier alpha value is -1.61. The van der Waals surface area contributed by atoms with E-state index in [1.54, 1.807) is 6.07 Å². The molecule has 0 atom stereocenters. The van der Waals surface area contributed by atoms with Crippen LogP contribution < -0.4 is 0 Å². The molecule has 16 heavy (non-hydrogen) atoms. The summed E-state index contributed by atoms with van der Waals surface area (Å²) < 4.78 is 29.5. The van der Waals surface area contributed by atoms with E-state index in [1.165, 1.54) is 0 Å². The van der Waals surface area contributed by atoms with Gasteiger partial charge < -0.3 is 4.74 Å². The van der Waals surface area contributed by atoms with Gasteiger partial charge in [-0.25, -0.2) is 13.6 Å². The molecule has 0 bridgehead atoms. The molecule has 0 unspecified atom stereocenters. The van der Waals surface area contributed by atoms with Crippen LogP contribution >= 0.6 is 12.6 Å². The van der Waals surface area contributed by atoms with Gasteiger partial charge in [0.05, 0.1) is 24.3 Å². The highest BCUT2D eigenvalue weighted by molar-refractivity contribution is 7.80. The van der Waals surface area contributed by atoms with Gasteiger partial charge in [-0.2, -0.15) is 5.26 Å². The average Bonchev–Trinajstić information content (AvgIpc) is 2.27. The molecule has 6 heteroatoms. The van der Waals surface area contributed by atoms with Gasteiger partial charge in [0.25, 0.3) is 6.43 Å². The molecule has 0 saturated heterocycles. The molecule has 0 aliphatic carbocycles. The number of hydrogen-bond acceptors (Lipinski definition) is 4. The van der Waals surface area contributed by atoms with E-state index in [0.717, 1.165) is 19.2 Å². The Morgan fingerprint density at radius 2 is 2.19 bits per heavy atom. The van der Waals surface area contributed by atoms with Crippen LogP contribution in [0.3, 0.4) is 0 Å². The zero-order valence-electron chi connectivity index (χ0n) is 8.20. The summed E-state index contributed by atoms with van der Waals surface area (Å²) in [7, 11) is 1.13. The molecule has 0 saturated carbocycles. The Morgan fingerprint density at radius 3 is 2.62 bits per heavy atom. The summed E-state index contributed by atoms with van der Waals surface area (Å²) in [5.41, 5.74) is -0.784. The Bertz CT molecular complexity index is 469. The van der Waals surface area contributed by atoms with E-state index < -0.39 is 18.0 Å². The largest absolute Gasteiger partial charge is 0.465 e. The monoisotopic (exact) mass is 243 g/mol. The van der Waals surface area contributed by atoms with Crippen molar-refractivity contribution in [3.05, 3.63) is 28.8 Å². The lowest BCUT2D eigenvalue weighted by Gasteiger charge is -2.08. The van der Waals surface area contributed by atoms with Crippen molar-refractivity contribution in [1.29, 1.82) is 5.26 Å². The smallest absolute Gasteiger partial charge is 0.338 e. The zero-order chi connectivity index (χ0) is 12.3. The number of thiol groups is 1. The Morgan fingerprint density at radius 1 is 1.56 bits per heavy atom. The molecule has 0 N–H and O–H groups in total. The second-order valence-electron chi connectivity index (χ2n) is 2.86. The summed E-state index contributed by atoms with van der Waals surface area (Å²) in [6, 6.07) is 3.67. The Labute approximate surface area is 96.0 Å². The lowest BCUT2D eigenvalue weighted by atomic mass is 10.0. The maximum atomic E-state index is 12.6. The molecular formula is C10H7F2NO2S. The summed E-state index contributed by atoms with van der Waals surface area (Å²) >= 11 is 3.93. The number of benzene rings is 1. The van der Waals surface area contributed by atoms with Crippen molar-refractivity contribution in [2.45, 2.75) is 11.3 Å². The summed E-state index contributed by atoms with van der Waals surface area (Å²) in [6.45, 7) is 0. The van der Waals surface area contributed by atoms with E-state index in [9.17, 15) is 13.6 Å². The number of nitriles is 1. The third kappa shape index (κ3) is 2.31. The van der Waals surface area contributed by atoms with E-state index >= 15 is 0 Å². The first-order valence-electron chi connectivity index (χ1n) is 4.14. The number of rotatable bonds is 2. The van der Waals surface area contributed by atoms with Crippen molar-refractivity contribution in [3.63, 3.8) is 0 Å². The van der Waals surface area contributed by atoms with Crippen molar-refractivity contribution in [2.24, 2.45) is 0 Å². The molecule has 0 fully saturated rings. The highest BCUT2D eigenvalue weighted by Crippen LogP contribution is 2.27. The molecule has 0 spiro atoms. The molecule has 84 valence electrons. The van der Waals surface area contributed by atoms with E-state index in [2.05, 4.69) is 17.4 Å². The van der Waals surface area contributed by atoms with Crippen LogP contribution in [-0.4, -0.2) is 13.1 Å². The van der Waals surface area contributed by atoms with Gasteiger partial charge in [0.15, 0.2) is 0 Å². The molecule has 3 nitrogen and oxygen atoms in total. The molecule has 0 radical (unpaired) electrons. The van der Waals surface area contributed by atoms with E-state index in [0.29, 0.717) is 0 Å². The lowest BCUT2D eigenvalue weighted by Crippen LogP contribution is -2.05. The van der Waals surface area contributed by atoms with Crippen molar-refractivity contribution in [2.75, 3.05) is 7.11 Å². The number of carbonyl (C=O) groups is 1. The normalized spacial score (nSPS) is 10.0. The third-order valence-corrected chi connectivity index (χ3v) is 2.30. The zero-order valence-corrected chi connectivity index (χ0v) is 9.09. The number of nitrogens with zero attached hydrogens (tertiary/aromatic N) is 1. The molecule has 0 aromatic heterocycles. The van der Waals surface area contributed by atoms with Gasteiger partial charge in [0, 0.05) is 10.5 Å².